The van der Waals surface area contributed by atoms with Crippen molar-refractivity contribution in [2.45, 2.75) is 40.0 Å². The highest BCUT2D eigenvalue weighted by Gasteiger charge is 1.85. The van der Waals surface area contributed by atoms with E-state index in [1.807, 2.05) is 13.0 Å². The molecule has 0 spiro atoms. The zero-order valence-electron chi connectivity index (χ0n) is 8.56. The maximum atomic E-state index is 3.80. The van der Waals surface area contributed by atoms with Crippen molar-refractivity contribution in [3.63, 3.8) is 0 Å². The fraction of sp³-hybridized carbons (Fsp3) is 0.500. The normalized spacial score (nSPS) is 12.4. The van der Waals surface area contributed by atoms with Gasteiger partial charge in [-0.05, 0) is 26.7 Å². The largest absolute Gasteiger partial charge is 0.0961 e. The molecule has 0 nitrogen and oxygen atoms in total. The fourth-order valence-electron chi connectivity index (χ4n) is 0.916. The highest BCUT2D eigenvalue weighted by atomic mass is 13.9. The molecule has 0 aliphatic rings. The Morgan fingerprint density at radius 2 is 2.00 bits per heavy atom. The van der Waals surface area contributed by atoms with Crippen LogP contribution in [0.15, 0.2) is 36.0 Å². The molecule has 0 bridgehead atoms. The third-order valence-corrected chi connectivity index (χ3v) is 1.69. The quantitative estimate of drug-likeness (QED) is 0.533. The van der Waals surface area contributed by atoms with Gasteiger partial charge in [0.05, 0.1) is 0 Å². The summed E-state index contributed by atoms with van der Waals surface area (Å²) in [5, 5.41) is 0. The van der Waals surface area contributed by atoms with Crippen LogP contribution in [-0.2, 0) is 0 Å². The SMILES string of the molecule is C=C(C)/C=C\C=C(/C)CCCC. The van der Waals surface area contributed by atoms with E-state index in [0.717, 1.165) is 5.57 Å². The van der Waals surface area contributed by atoms with Crippen LogP contribution in [0.2, 0.25) is 0 Å². The summed E-state index contributed by atoms with van der Waals surface area (Å²) in [5.41, 5.74) is 2.56. The van der Waals surface area contributed by atoms with Crippen LogP contribution in [-0.4, -0.2) is 0 Å². The maximum Gasteiger partial charge on any atom is -0.0320 e. The van der Waals surface area contributed by atoms with Crippen molar-refractivity contribution >= 4 is 0 Å². The number of hydrogen-bond acceptors (Lipinski definition) is 0. The first-order chi connectivity index (χ1) is 5.66. The molecule has 0 aromatic carbocycles. The van der Waals surface area contributed by atoms with Gasteiger partial charge in [-0.15, -0.1) is 0 Å². The molecule has 0 saturated carbocycles. The van der Waals surface area contributed by atoms with Crippen molar-refractivity contribution in [2.24, 2.45) is 0 Å². The minimum absolute atomic E-state index is 1.11. The first-order valence-electron chi connectivity index (χ1n) is 4.66. The van der Waals surface area contributed by atoms with E-state index in [1.54, 1.807) is 0 Å². The number of unbranched alkanes of at least 4 members (excludes halogenated alkanes) is 1. The topological polar surface area (TPSA) is 0 Å². The van der Waals surface area contributed by atoms with Crippen LogP contribution in [0.25, 0.3) is 0 Å². The Kier molecular flexibility index (Phi) is 6.45. The van der Waals surface area contributed by atoms with Crippen LogP contribution in [0.3, 0.4) is 0 Å². The van der Waals surface area contributed by atoms with Crippen LogP contribution >= 0.6 is 0 Å². The number of rotatable bonds is 5. The van der Waals surface area contributed by atoms with Gasteiger partial charge in [0.1, 0.15) is 0 Å². The lowest BCUT2D eigenvalue weighted by Gasteiger charge is -1.95. The Balaban J connectivity index is 3.75. The summed E-state index contributed by atoms with van der Waals surface area (Å²) in [7, 11) is 0. The van der Waals surface area contributed by atoms with Crippen molar-refractivity contribution < 1.29 is 0 Å². The number of hydrogen-bond donors (Lipinski definition) is 0. The van der Waals surface area contributed by atoms with Gasteiger partial charge in [-0.3, -0.25) is 0 Å². The van der Waals surface area contributed by atoms with Crippen molar-refractivity contribution in [1.82, 2.24) is 0 Å². The molecule has 0 unspecified atom stereocenters. The average Bonchev–Trinajstić information content (AvgIpc) is 2.00. The van der Waals surface area contributed by atoms with Crippen molar-refractivity contribution in [3.05, 3.63) is 36.0 Å². The van der Waals surface area contributed by atoms with E-state index in [-0.39, 0.29) is 0 Å². The molecule has 0 heteroatoms. The minimum Gasteiger partial charge on any atom is -0.0961 e. The minimum atomic E-state index is 1.11. The molecule has 0 aromatic rings. The molecule has 0 fully saturated rings. The highest BCUT2D eigenvalue weighted by Crippen LogP contribution is 2.06. The predicted octanol–water partition coefficient (Wildman–Crippen LogP) is 4.26. The third kappa shape index (κ3) is 7.33. The molecule has 0 rings (SSSR count). The molecular weight excluding hydrogens is 144 g/mol. The summed E-state index contributed by atoms with van der Waals surface area (Å²) in [5.74, 6) is 0. The van der Waals surface area contributed by atoms with E-state index in [4.69, 9.17) is 0 Å². The van der Waals surface area contributed by atoms with E-state index in [9.17, 15) is 0 Å². The van der Waals surface area contributed by atoms with Crippen molar-refractivity contribution in [3.8, 4) is 0 Å². The Hall–Kier alpha value is -0.780. The second-order valence-electron chi connectivity index (χ2n) is 3.32. The predicted molar refractivity (Wildman–Crippen MR) is 57.2 cm³/mol. The van der Waals surface area contributed by atoms with Gasteiger partial charge in [0.25, 0.3) is 0 Å². The van der Waals surface area contributed by atoms with Crippen molar-refractivity contribution in [2.75, 3.05) is 0 Å². The van der Waals surface area contributed by atoms with Gasteiger partial charge < -0.3 is 0 Å². The molecule has 0 aliphatic heterocycles. The summed E-state index contributed by atoms with van der Waals surface area (Å²) in [4.78, 5) is 0. The zero-order chi connectivity index (χ0) is 9.40. The van der Waals surface area contributed by atoms with Gasteiger partial charge in [-0.1, -0.05) is 49.3 Å². The molecule has 0 heterocycles. The van der Waals surface area contributed by atoms with Gasteiger partial charge >= 0.3 is 0 Å². The lowest BCUT2D eigenvalue weighted by atomic mass is 10.1. The Morgan fingerprint density at radius 1 is 1.33 bits per heavy atom. The van der Waals surface area contributed by atoms with Gasteiger partial charge in [-0.2, -0.15) is 0 Å². The molecule has 68 valence electrons. The van der Waals surface area contributed by atoms with Crippen LogP contribution in [0.5, 0.6) is 0 Å². The molecular formula is C12H20. The van der Waals surface area contributed by atoms with E-state index in [1.165, 1.54) is 24.8 Å². The van der Waals surface area contributed by atoms with Gasteiger partial charge in [0.15, 0.2) is 0 Å². The molecule has 0 aliphatic carbocycles. The van der Waals surface area contributed by atoms with E-state index < -0.39 is 0 Å². The summed E-state index contributed by atoms with van der Waals surface area (Å²) >= 11 is 0. The van der Waals surface area contributed by atoms with Gasteiger partial charge in [0, 0.05) is 0 Å². The molecule has 0 saturated heterocycles. The number of allylic oxidation sites excluding steroid dienone is 5. The third-order valence-electron chi connectivity index (χ3n) is 1.69. The van der Waals surface area contributed by atoms with Crippen LogP contribution in [0, 0.1) is 0 Å². The molecule has 0 N–H and O–H groups in total. The standard InChI is InChI=1S/C12H20/c1-5-6-9-12(4)10-7-8-11(2)3/h7-8,10H,2,5-6,9H2,1,3-4H3/b8-7-,12-10+. The Bertz CT molecular complexity index is 182. The molecule has 0 atom stereocenters. The lowest BCUT2D eigenvalue weighted by molar-refractivity contribution is 0.787. The molecule has 0 aromatic heterocycles. The maximum absolute atomic E-state index is 3.80. The van der Waals surface area contributed by atoms with Crippen LogP contribution < -0.4 is 0 Å². The van der Waals surface area contributed by atoms with E-state index in [0.29, 0.717) is 0 Å². The molecule has 0 amide bonds. The van der Waals surface area contributed by atoms with E-state index in [2.05, 4.69) is 32.6 Å². The molecule has 12 heavy (non-hydrogen) atoms. The second-order valence-corrected chi connectivity index (χ2v) is 3.32. The van der Waals surface area contributed by atoms with Crippen LogP contribution in [0.1, 0.15) is 40.0 Å². The fourth-order valence-corrected chi connectivity index (χ4v) is 0.916. The monoisotopic (exact) mass is 164 g/mol. The van der Waals surface area contributed by atoms with Gasteiger partial charge in [-0.25, -0.2) is 0 Å². The summed E-state index contributed by atoms with van der Waals surface area (Å²) in [6.45, 7) is 10.2. The molecule has 0 radical (unpaired) electrons. The van der Waals surface area contributed by atoms with Gasteiger partial charge in [0.2, 0.25) is 0 Å². The first kappa shape index (κ1) is 11.2. The summed E-state index contributed by atoms with van der Waals surface area (Å²) < 4.78 is 0. The van der Waals surface area contributed by atoms with Crippen molar-refractivity contribution in [1.29, 1.82) is 0 Å². The van der Waals surface area contributed by atoms with Crippen LogP contribution in [0.4, 0.5) is 0 Å². The summed E-state index contributed by atoms with van der Waals surface area (Å²) in [6, 6.07) is 0. The average molecular weight is 164 g/mol. The highest BCUT2D eigenvalue weighted by molar-refractivity contribution is 5.19. The smallest absolute Gasteiger partial charge is 0.0320 e. The second kappa shape index (κ2) is 6.90. The summed E-state index contributed by atoms with van der Waals surface area (Å²) in [6.07, 6.45) is 10.1. The lowest BCUT2D eigenvalue weighted by Crippen LogP contribution is -1.75. The zero-order valence-corrected chi connectivity index (χ0v) is 8.56. The Labute approximate surface area is 76.7 Å². The van der Waals surface area contributed by atoms with E-state index >= 15 is 0 Å². The first-order valence-corrected chi connectivity index (χ1v) is 4.66. The Morgan fingerprint density at radius 3 is 2.50 bits per heavy atom.